The second-order valence-electron chi connectivity index (χ2n) is 5.93. The van der Waals surface area contributed by atoms with Crippen molar-refractivity contribution >= 4 is 5.91 Å². The number of carbonyl (C=O) groups excluding carboxylic acids is 1. The van der Waals surface area contributed by atoms with Crippen LogP contribution in [0.3, 0.4) is 0 Å². The van der Waals surface area contributed by atoms with E-state index >= 15 is 0 Å². The predicted octanol–water partition coefficient (Wildman–Crippen LogP) is 2.49. The molecule has 0 fully saturated rings. The maximum Gasteiger partial charge on any atom is 0.221 e. The fourth-order valence-electron chi connectivity index (χ4n) is 1.86. The van der Waals surface area contributed by atoms with Gasteiger partial charge in [0.05, 0.1) is 0 Å². The highest BCUT2D eigenvalue weighted by Crippen LogP contribution is 2.20. The lowest BCUT2D eigenvalue weighted by molar-refractivity contribution is -0.122. The van der Waals surface area contributed by atoms with Crippen LogP contribution in [-0.4, -0.2) is 23.1 Å². The largest absolute Gasteiger partial charge is 0.508 e. The number of phenols is 1. The van der Waals surface area contributed by atoms with E-state index in [4.69, 9.17) is 5.11 Å². The van der Waals surface area contributed by atoms with Gasteiger partial charge in [-0.1, -0.05) is 6.07 Å². The summed E-state index contributed by atoms with van der Waals surface area (Å²) in [5.74, 6) is -0.587. The van der Waals surface area contributed by atoms with Crippen molar-refractivity contribution in [2.75, 3.05) is 6.54 Å². The molecule has 0 aliphatic carbocycles. The summed E-state index contributed by atoms with van der Waals surface area (Å²) in [5.41, 5.74) is 0.227. The van der Waals surface area contributed by atoms with Gasteiger partial charge in [-0.15, -0.1) is 0 Å². The fourth-order valence-corrected chi connectivity index (χ4v) is 1.86. The van der Waals surface area contributed by atoms with Crippen molar-refractivity contribution in [3.8, 4) is 5.75 Å². The van der Waals surface area contributed by atoms with Crippen molar-refractivity contribution in [2.24, 2.45) is 0 Å². The molecule has 1 unspecified atom stereocenters. The Balaban J connectivity index is 2.44. The molecule has 0 aliphatic heterocycles. The number of benzene rings is 1. The molecule has 0 saturated heterocycles. The smallest absolute Gasteiger partial charge is 0.221 e. The monoisotopic (exact) mass is 282 g/mol. The first-order valence-corrected chi connectivity index (χ1v) is 6.72. The van der Waals surface area contributed by atoms with Crippen molar-refractivity contribution in [3.63, 3.8) is 0 Å². The van der Waals surface area contributed by atoms with E-state index in [0.717, 1.165) is 6.07 Å². The third-order valence-electron chi connectivity index (χ3n) is 2.77. The highest BCUT2D eigenvalue weighted by Gasteiger charge is 2.14. The van der Waals surface area contributed by atoms with Gasteiger partial charge in [0, 0.05) is 36.2 Å². The summed E-state index contributed by atoms with van der Waals surface area (Å²) in [5, 5.41) is 15.1. The molecule has 1 aromatic carbocycles. The normalized spacial score (nSPS) is 13.1. The molecule has 0 aromatic heterocycles. The molecule has 0 saturated carbocycles. The van der Waals surface area contributed by atoms with E-state index in [-0.39, 0.29) is 23.2 Å². The zero-order valence-electron chi connectivity index (χ0n) is 12.5. The first kappa shape index (κ1) is 16.4. The molecule has 5 heteroatoms. The molecule has 3 N–H and O–H groups in total. The molecular formula is C15H23FN2O2. The van der Waals surface area contributed by atoms with Crippen molar-refractivity contribution < 1.29 is 14.3 Å². The van der Waals surface area contributed by atoms with Gasteiger partial charge in [-0.2, -0.15) is 0 Å². The third kappa shape index (κ3) is 5.57. The molecule has 0 heterocycles. The van der Waals surface area contributed by atoms with Gasteiger partial charge in [0.15, 0.2) is 0 Å². The molecule has 0 spiro atoms. The second kappa shape index (κ2) is 6.70. The van der Waals surface area contributed by atoms with Crippen LogP contribution in [0.25, 0.3) is 0 Å². The average Bonchev–Trinajstić information content (AvgIpc) is 2.25. The SMILES string of the molecule is CC(NCCC(=O)NC(C)(C)C)c1ccc(O)cc1F. The first-order chi connectivity index (χ1) is 9.19. The molecule has 112 valence electrons. The van der Waals surface area contributed by atoms with Gasteiger partial charge >= 0.3 is 0 Å². The van der Waals surface area contributed by atoms with Gasteiger partial charge in [-0.25, -0.2) is 4.39 Å². The van der Waals surface area contributed by atoms with Crippen LogP contribution in [0.15, 0.2) is 18.2 Å². The van der Waals surface area contributed by atoms with Crippen LogP contribution in [0.2, 0.25) is 0 Å². The van der Waals surface area contributed by atoms with Gasteiger partial charge in [0.25, 0.3) is 0 Å². The summed E-state index contributed by atoms with van der Waals surface area (Å²) in [6.45, 7) is 8.05. The number of halogens is 1. The highest BCUT2D eigenvalue weighted by atomic mass is 19.1. The van der Waals surface area contributed by atoms with Crippen LogP contribution in [0.1, 0.15) is 45.7 Å². The van der Waals surface area contributed by atoms with Crippen LogP contribution in [0, 0.1) is 5.82 Å². The van der Waals surface area contributed by atoms with Crippen LogP contribution < -0.4 is 10.6 Å². The molecule has 0 radical (unpaired) electrons. The predicted molar refractivity (Wildman–Crippen MR) is 77.0 cm³/mol. The number of carbonyl (C=O) groups is 1. The number of phenolic OH excluding ortho intramolecular Hbond substituents is 1. The second-order valence-corrected chi connectivity index (χ2v) is 5.93. The number of aromatic hydroxyl groups is 1. The Kier molecular flexibility index (Phi) is 5.51. The van der Waals surface area contributed by atoms with Gasteiger partial charge in [0.1, 0.15) is 11.6 Å². The molecule has 1 aromatic rings. The van der Waals surface area contributed by atoms with Crippen molar-refractivity contribution in [3.05, 3.63) is 29.6 Å². The number of nitrogens with one attached hydrogen (secondary N) is 2. The van der Waals surface area contributed by atoms with Crippen molar-refractivity contribution in [1.82, 2.24) is 10.6 Å². The Labute approximate surface area is 119 Å². The highest BCUT2D eigenvalue weighted by molar-refractivity contribution is 5.76. The fraction of sp³-hybridized carbons (Fsp3) is 0.533. The Morgan fingerprint density at radius 1 is 1.40 bits per heavy atom. The molecule has 0 bridgehead atoms. The Bertz CT molecular complexity index is 469. The molecule has 0 aliphatic rings. The van der Waals surface area contributed by atoms with E-state index in [1.54, 1.807) is 0 Å². The number of hydrogen-bond acceptors (Lipinski definition) is 3. The topological polar surface area (TPSA) is 61.4 Å². The van der Waals surface area contributed by atoms with E-state index in [2.05, 4.69) is 10.6 Å². The quantitative estimate of drug-likeness (QED) is 0.777. The van der Waals surface area contributed by atoms with E-state index in [1.807, 2.05) is 27.7 Å². The number of hydrogen-bond donors (Lipinski definition) is 3. The van der Waals surface area contributed by atoms with Crippen molar-refractivity contribution in [1.29, 1.82) is 0 Å². The van der Waals surface area contributed by atoms with Crippen LogP contribution >= 0.6 is 0 Å². The number of rotatable bonds is 5. The standard InChI is InChI=1S/C15H23FN2O2/c1-10(12-6-5-11(19)9-13(12)16)17-8-7-14(20)18-15(2,3)4/h5-6,9-10,17,19H,7-8H2,1-4H3,(H,18,20). The lowest BCUT2D eigenvalue weighted by Gasteiger charge is -2.21. The number of amides is 1. The van der Waals surface area contributed by atoms with E-state index < -0.39 is 5.82 Å². The van der Waals surface area contributed by atoms with E-state index in [0.29, 0.717) is 18.5 Å². The molecule has 1 atom stereocenters. The van der Waals surface area contributed by atoms with Gasteiger partial charge in [0.2, 0.25) is 5.91 Å². The summed E-state index contributed by atoms with van der Waals surface area (Å²) in [6.07, 6.45) is 0.335. The molecule has 20 heavy (non-hydrogen) atoms. The summed E-state index contributed by atoms with van der Waals surface area (Å²) in [6, 6.07) is 3.85. The first-order valence-electron chi connectivity index (χ1n) is 6.72. The van der Waals surface area contributed by atoms with E-state index in [1.165, 1.54) is 12.1 Å². The molecule has 1 amide bonds. The molecule has 1 rings (SSSR count). The Morgan fingerprint density at radius 2 is 2.05 bits per heavy atom. The maximum absolute atomic E-state index is 13.6. The zero-order valence-corrected chi connectivity index (χ0v) is 12.5. The maximum atomic E-state index is 13.6. The summed E-state index contributed by atoms with van der Waals surface area (Å²) >= 11 is 0. The minimum Gasteiger partial charge on any atom is -0.508 e. The lowest BCUT2D eigenvalue weighted by Crippen LogP contribution is -2.41. The van der Waals surface area contributed by atoms with Crippen LogP contribution in [0.5, 0.6) is 5.75 Å². The zero-order chi connectivity index (χ0) is 15.3. The third-order valence-corrected chi connectivity index (χ3v) is 2.77. The Hall–Kier alpha value is -1.62. The lowest BCUT2D eigenvalue weighted by atomic mass is 10.1. The summed E-state index contributed by atoms with van der Waals surface area (Å²) < 4.78 is 13.6. The minimum atomic E-state index is -0.454. The van der Waals surface area contributed by atoms with Gasteiger partial charge in [-0.3, -0.25) is 4.79 Å². The summed E-state index contributed by atoms with van der Waals surface area (Å²) in [7, 11) is 0. The molecular weight excluding hydrogens is 259 g/mol. The Morgan fingerprint density at radius 3 is 2.60 bits per heavy atom. The van der Waals surface area contributed by atoms with Crippen LogP contribution in [0.4, 0.5) is 4.39 Å². The van der Waals surface area contributed by atoms with Crippen LogP contribution in [-0.2, 0) is 4.79 Å². The van der Waals surface area contributed by atoms with E-state index in [9.17, 15) is 9.18 Å². The average molecular weight is 282 g/mol. The minimum absolute atomic E-state index is 0.0385. The van der Waals surface area contributed by atoms with Crippen molar-refractivity contribution in [2.45, 2.75) is 45.7 Å². The summed E-state index contributed by atoms with van der Waals surface area (Å²) in [4.78, 5) is 11.6. The van der Waals surface area contributed by atoms with Gasteiger partial charge < -0.3 is 15.7 Å². The molecule has 4 nitrogen and oxygen atoms in total. The van der Waals surface area contributed by atoms with Gasteiger partial charge in [-0.05, 0) is 33.8 Å².